The van der Waals surface area contributed by atoms with E-state index < -0.39 is 0 Å². The SMILES string of the molecule is COc1ccccc1CN[C@@H]1/C(=C/c2ccccc2-c2ccccc2)N2CCC1CC2. The molecule has 0 amide bonds. The molecule has 0 spiro atoms. The van der Waals surface area contributed by atoms with Crippen molar-refractivity contribution in [3.63, 3.8) is 0 Å². The highest BCUT2D eigenvalue weighted by atomic mass is 16.5. The lowest BCUT2D eigenvalue weighted by molar-refractivity contribution is 0.123. The molecule has 3 fully saturated rings. The van der Waals surface area contributed by atoms with Crippen molar-refractivity contribution in [2.45, 2.75) is 25.4 Å². The number of ether oxygens (including phenoxy) is 1. The Hall–Kier alpha value is -3.04. The Morgan fingerprint density at radius 3 is 2.42 bits per heavy atom. The van der Waals surface area contributed by atoms with Gasteiger partial charge in [-0.3, -0.25) is 0 Å². The van der Waals surface area contributed by atoms with E-state index in [0.29, 0.717) is 12.0 Å². The molecule has 3 aliphatic rings. The lowest BCUT2D eigenvalue weighted by Crippen LogP contribution is -2.54. The first-order chi connectivity index (χ1) is 15.3. The average Bonchev–Trinajstić information content (AvgIpc) is 2.85. The zero-order valence-corrected chi connectivity index (χ0v) is 18.1. The minimum Gasteiger partial charge on any atom is -0.496 e. The molecule has 6 rings (SSSR count). The van der Waals surface area contributed by atoms with Crippen LogP contribution in [0.5, 0.6) is 5.75 Å². The van der Waals surface area contributed by atoms with E-state index in [1.807, 2.05) is 12.1 Å². The minimum absolute atomic E-state index is 0.372. The topological polar surface area (TPSA) is 24.5 Å². The van der Waals surface area contributed by atoms with Crippen LogP contribution in [0.3, 0.4) is 0 Å². The summed E-state index contributed by atoms with van der Waals surface area (Å²) < 4.78 is 5.57. The standard InChI is InChI=1S/C28H30N2O/c1-31-27-14-8-6-12-24(27)20-29-28-22-15-17-30(18-16-22)26(28)19-23-11-5-7-13-25(23)21-9-3-2-4-10-21/h2-14,19,22,28-29H,15-18,20H2,1H3/b26-19-/t28-/m0/s1. The number of fused-ring (bicyclic) bond motifs is 3. The molecule has 158 valence electrons. The molecule has 3 aromatic carbocycles. The van der Waals surface area contributed by atoms with E-state index in [0.717, 1.165) is 25.4 Å². The number of nitrogens with one attached hydrogen (secondary N) is 1. The van der Waals surface area contributed by atoms with Gasteiger partial charge >= 0.3 is 0 Å². The van der Waals surface area contributed by atoms with E-state index in [2.05, 4.69) is 83.0 Å². The van der Waals surface area contributed by atoms with E-state index in [9.17, 15) is 0 Å². The molecule has 3 nitrogen and oxygen atoms in total. The van der Waals surface area contributed by atoms with Gasteiger partial charge in [-0.25, -0.2) is 0 Å². The molecule has 0 aliphatic carbocycles. The normalized spacial score (nSPS) is 21.5. The van der Waals surface area contributed by atoms with Crippen LogP contribution in [0.2, 0.25) is 0 Å². The first-order valence-corrected chi connectivity index (χ1v) is 11.3. The second kappa shape index (κ2) is 8.99. The molecule has 3 aromatic rings. The summed E-state index contributed by atoms with van der Waals surface area (Å²) in [5.41, 5.74) is 6.50. The summed E-state index contributed by atoms with van der Waals surface area (Å²) in [4.78, 5) is 2.58. The summed E-state index contributed by atoms with van der Waals surface area (Å²) >= 11 is 0. The fourth-order valence-electron chi connectivity index (χ4n) is 5.11. The van der Waals surface area contributed by atoms with Gasteiger partial charge in [0, 0.05) is 30.9 Å². The zero-order valence-electron chi connectivity index (χ0n) is 18.1. The van der Waals surface area contributed by atoms with Gasteiger partial charge in [-0.2, -0.15) is 0 Å². The number of nitrogens with zero attached hydrogens (tertiary/aromatic N) is 1. The third kappa shape index (κ3) is 4.11. The van der Waals surface area contributed by atoms with Crippen molar-refractivity contribution in [1.29, 1.82) is 0 Å². The number of rotatable bonds is 6. The van der Waals surface area contributed by atoms with Gasteiger partial charge in [0.2, 0.25) is 0 Å². The van der Waals surface area contributed by atoms with Crippen LogP contribution in [0.25, 0.3) is 17.2 Å². The first-order valence-electron chi connectivity index (χ1n) is 11.3. The third-order valence-electron chi connectivity index (χ3n) is 6.75. The van der Waals surface area contributed by atoms with Crippen LogP contribution >= 0.6 is 0 Å². The Kier molecular flexibility index (Phi) is 5.77. The molecule has 3 aliphatic heterocycles. The molecular formula is C28H30N2O. The third-order valence-corrected chi connectivity index (χ3v) is 6.75. The van der Waals surface area contributed by atoms with E-state index in [4.69, 9.17) is 4.74 Å². The average molecular weight is 411 g/mol. The molecule has 3 saturated heterocycles. The van der Waals surface area contributed by atoms with Crippen LogP contribution in [0, 0.1) is 5.92 Å². The van der Waals surface area contributed by atoms with Crippen LogP contribution in [0.1, 0.15) is 24.0 Å². The fraction of sp³-hybridized carbons (Fsp3) is 0.286. The van der Waals surface area contributed by atoms with E-state index in [1.165, 1.54) is 40.8 Å². The van der Waals surface area contributed by atoms with Crippen molar-refractivity contribution in [2.75, 3.05) is 20.2 Å². The highest BCUT2D eigenvalue weighted by Crippen LogP contribution is 2.37. The van der Waals surface area contributed by atoms with Crippen LogP contribution in [-0.2, 0) is 6.54 Å². The van der Waals surface area contributed by atoms with Gasteiger partial charge < -0.3 is 15.0 Å². The highest BCUT2D eigenvalue weighted by molar-refractivity contribution is 5.76. The van der Waals surface area contributed by atoms with Gasteiger partial charge in [0.05, 0.1) is 13.2 Å². The van der Waals surface area contributed by atoms with Crippen molar-refractivity contribution in [2.24, 2.45) is 5.92 Å². The molecule has 0 radical (unpaired) electrons. The highest BCUT2D eigenvalue weighted by Gasteiger charge is 2.37. The number of benzene rings is 3. The summed E-state index contributed by atoms with van der Waals surface area (Å²) in [7, 11) is 1.75. The largest absolute Gasteiger partial charge is 0.496 e. The van der Waals surface area contributed by atoms with E-state index in [1.54, 1.807) is 7.11 Å². The van der Waals surface area contributed by atoms with Crippen LogP contribution in [0.15, 0.2) is 84.6 Å². The summed E-state index contributed by atoms with van der Waals surface area (Å²) in [6, 6.07) is 28.1. The van der Waals surface area contributed by atoms with Crippen LogP contribution in [-0.4, -0.2) is 31.1 Å². The second-order valence-corrected chi connectivity index (χ2v) is 8.52. The lowest BCUT2D eigenvalue weighted by atomic mass is 9.80. The fourth-order valence-corrected chi connectivity index (χ4v) is 5.11. The molecule has 2 bridgehead atoms. The van der Waals surface area contributed by atoms with Crippen molar-refractivity contribution >= 4 is 6.08 Å². The predicted octanol–water partition coefficient (Wildman–Crippen LogP) is 5.59. The van der Waals surface area contributed by atoms with Crippen LogP contribution in [0.4, 0.5) is 0 Å². The zero-order chi connectivity index (χ0) is 21.0. The molecule has 31 heavy (non-hydrogen) atoms. The van der Waals surface area contributed by atoms with E-state index >= 15 is 0 Å². The van der Waals surface area contributed by atoms with Gasteiger partial charge in [-0.15, -0.1) is 0 Å². The maximum atomic E-state index is 5.57. The Bertz CT molecular complexity index is 1050. The Labute approximate surface area is 185 Å². The number of piperidine rings is 3. The number of methoxy groups -OCH3 is 1. The van der Waals surface area contributed by atoms with Crippen molar-refractivity contribution in [3.05, 3.63) is 95.7 Å². The summed E-state index contributed by atoms with van der Waals surface area (Å²) in [5, 5.41) is 3.88. The molecule has 1 N–H and O–H groups in total. The van der Waals surface area contributed by atoms with Gasteiger partial charge in [-0.05, 0) is 47.6 Å². The lowest BCUT2D eigenvalue weighted by Gasteiger charge is -2.48. The Morgan fingerprint density at radius 2 is 1.61 bits per heavy atom. The summed E-state index contributed by atoms with van der Waals surface area (Å²) in [6.07, 6.45) is 4.95. The quantitative estimate of drug-likeness (QED) is 0.573. The van der Waals surface area contributed by atoms with Gasteiger partial charge in [-0.1, -0.05) is 72.8 Å². The maximum absolute atomic E-state index is 5.57. The second-order valence-electron chi connectivity index (χ2n) is 8.52. The van der Waals surface area contributed by atoms with Crippen molar-refractivity contribution in [3.8, 4) is 16.9 Å². The number of hydrogen-bond acceptors (Lipinski definition) is 3. The Balaban J connectivity index is 1.46. The minimum atomic E-state index is 0.372. The monoisotopic (exact) mass is 410 g/mol. The molecule has 0 saturated carbocycles. The van der Waals surface area contributed by atoms with Crippen molar-refractivity contribution < 1.29 is 4.74 Å². The molecular weight excluding hydrogens is 380 g/mol. The van der Waals surface area contributed by atoms with Gasteiger partial charge in [0.1, 0.15) is 5.75 Å². The summed E-state index contributed by atoms with van der Waals surface area (Å²) in [5.74, 6) is 1.64. The molecule has 1 atom stereocenters. The molecule has 0 unspecified atom stereocenters. The van der Waals surface area contributed by atoms with Gasteiger partial charge in [0.25, 0.3) is 0 Å². The molecule has 0 aromatic heterocycles. The van der Waals surface area contributed by atoms with E-state index in [-0.39, 0.29) is 0 Å². The first kappa shape index (κ1) is 19.9. The van der Waals surface area contributed by atoms with Gasteiger partial charge in [0.15, 0.2) is 0 Å². The molecule has 3 heteroatoms. The maximum Gasteiger partial charge on any atom is 0.123 e. The van der Waals surface area contributed by atoms with Crippen LogP contribution < -0.4 is 10.1 Å². The predicted molar refractivity (Wildman–Crippen MR) is 128 cm³/mol. The molecule has 3 heterocycles. The smallest absolute Gasteiger partial charge is 0.123 e. The Morgan fingerprint density at radius 1 is 0.903 bits per heavy atom. The summed E-state index contributed by atoms with van der Waals surface area (Å²) in [6.45, 7) is 3.14. The number of para-hydroxylation sites is 1. The number of hydrogen-bond donors (Lipinski definition) is 1. The van der Waals surface area contributed by atoms with Crippen molar-refractivity contribution in [1.82, 2.24) is 10.2 Å².